The minimum atomic E-state index is -0.985. The van der Waals surface area contributed by atoms with Gasteiger partial charge >= 0.3 is 0 Å². The first-order valence-electron chi connectivity index (χ1n) is 9.11. The third kappa shape index (κ3) is 4.90. The van der Waals surface area contributed by atoms with Crippen LogP contribution >= 0.6 is 23.2 Å². The summed E-state index contributed by atoms with van der Waals surface area (Å²) in [4.78, 5) is 18.0. The first kappa shape index (κ1) is 21.6. The highest BCUT2D eigenvalue weighted by Gasteiger charge is 2.37. The molecule has 6 nitrogen and oxygen atoms in total. The molecule has 2 atom stereocenters. The van der Waals surface area contributed by atoms with Crippen molar-refractivity contribution in [2.75, 3.05) is 13.2 Å². The topological polar surface area (TPSA) is 91.2 Å². The van der Waals surface area contributed by atoms with Gasteiger partial charge in [0.1, 0.15) is 0 Å². The summed E-state index contributed by atoms with van der Waals surface area (Å²) in [5.74, 6) is -0.315. The summed E-state index contributed by atoms with van der Waals surface area (Å²) in [6.07, 6.45) is -0.460. The largest absolute Gasteiger partial charge is 0.394 e. The Hall–Kier alpha value is -2.12. The van der Waals surface area contributed by atoms with E-state index in [4.69, 9.17) is 33.1 Å². The van der Waals surface area contributed by atoms with E-state index in [-0.39, 0.29) is 12.5 Å². The molecule has 2 aromatic carbocycles. The van der Waals surface area contributed by atoms with Crippen LogP contribution in [0.3, 0.4) is 0 Å². The standard InChI is InChI=1S/C21H22Cl2N2O4/c1-12-5-13(3-4-18(12)20(28)24-10-17(27)11-26)19-9-21(2,29-25-19)14-6-15(22)8-16(23)7-14/h3-8,17,26-27H,9-11H2,1-2H3,(H,24,28). The van der Waals surface area contributed by atoms with E-state index in [9.17, 15) is 9.90 Å². The lowest BCUT2D eigenvalue weighted by Crippen LogP contribution is -2.34. The Labute approximate surface area is 179 Å². The molecule has 0 saturated heterocycles. The van der Waals surface area contributed by atoms with Crippen LogP contribution in [0, 0.1) is 6.92 Å². The summed E-state index contributed by atoms with van der Waals surface area (Å²) in [5.41, 5.74) is 3.02. The van der Waals surface area contributed by atoms with E-state index in [1.165, 1.54) is 0 Å². The number of carbonyl (C=O) groups excluding carboxylic acids is 1. The predicted molar refractivity (Wildman–Crippen MR) is 113 cm³/mol. The van der Waals surface area contributed by atoms with E-state index in [1.807, 2.05) is 38.1 Å². The van der Waals surface area contributed by atoms with Crippen molar-refractivity contribution >= 4 is 34.8 Å². The zero-order chi connectivity index (χ0) is 21.2. The SMILES string of the molecule is Cc1cc(C2=NOC(C)(c3cc(Cl)cc(Cl)c3)C2)ccc1C(=O)NCC(O)CO. The second kappa shape index (κ2) is 8.71. The van der Waals surface area contributed by atoms with Crippen LogP contribution in [-0.4, -0.2) is 41.1 Å². The van der Waals surface area contributed by atoms with Gasteiger partial charge in [-0.2, -0.15) is 0 Å². The molecular formula is C21H22Cl2N2O4. The molecule has 1 heterocycles. The number of oxime groups is 1. The number of aliphatic hydroxyl groups is 2. The summed E-state index contributed by atoms with van der Waals surface area (Å²) in [5, 5.41) is 26.1. The number of hydrogen-bond acceptors (Lipinski definition) is 5. The van der Waals surface area contributed by atoms with E-state index in [2.05, 4.69) is 10.5 Å². The van der Waals surface area contributed by atoms with Gasteiger partial charge in [-0.25, -0.2) is 0 Å². The fourth-order valence-electron chi connectivity index (χ4n) is 3.18. The number of rotatable bonds is 6. The lowest BCUT2D eigenvalue weighted by atomic mass is 9.88. The maximum absolute atomic E-state index is 12.3. The Morgan fingerprint density at radius 1 is 1.28 bits per heavy atom. The second-order valence-corrected chi connectivity index (χ2v) is 8.14. The van der Waals surface area contributed by atoms with Gasteiger partial charge in [0.25, 0.3) is 5.91 Å². The molecule has 1 aliphatic rings. The van der Waals surface area contributed by atoms with Crippen LogP contribution in [0.5, 0.6) is 0 Å². The average molecular weight is 437 g/mol. The Kier molecular flexibility index (Phi) is 6.49. The monoisotopic (exact) mass is 436 g/mol. The summed E-state index contributed by atoms with van der Waals surface area (Å²) < 4.78 is 0. The van der Waals surface area contributed by atoms with E-state index in [0.717, 1.165) is 22.4 Å². The minimum Gasteiger partial charge on any atom is -0.394 e. The van der Waals surface area contributed by atoms with Crippen molar-refractivity contribution in [1.82, 2.24) is 5.32 Å². The molecule has 3 N–H and O–H groups in total. The Morgan fingerprint density at radius 2 is 1.97 bits per heavy atom. The highest BCUT2D eigenvalue weighted by Crippen LogP contribution is 2.38. The molecule has 0 fully saturated rings. The molecular weight excluding hydrogens is 415 g/mol. The molecule has 2 unspecified atom stereocenters. The van der Waals surface area contributed by atoms with Crippen molar-refractivity contribution in [3.63, 3.8) is 0 Å². The number of amides is 1. The molecule has 8 heteroatoms. The van der Waals surface area contributed by atoms with Gasteiger partial charge in [0.2, 0.25) is 0 Å². The summed E-state index contributed by atoms with van der Waals surface area (Å²) in [6.45, 7) is 3.33. The summed E-state index contributed by atoms with van der Waals surface area (Å²) in [6, 6.07) is 10.7. The van der Waals surface area contributed by atoms with E-state index in [1.54, 1.807) is 12.1 Å². The average Bonchev–Trinajstić information content (AvgIpc) is 3.08. The van der Waals surface area contributed by atoms with Crippen LogP contribution in [0.4, 0.5) is 0 Å². The lowest BCUT2D eigenvalue weighted by molar-refractivity contribution is -0.00737. The third-order valence-corrected chi connectivity index (χ3v) is 5.28. The highest BCUT2D eigenvalue weighted by molar-refractivity contribution is 6.34. The molecule has 0 saturated carbocycles. The molecule has 0 spiro atoms. The van der Waals surface area contributed by atoms with Gasteiger partial charge < -0.3 is 20.4 Å². The Bertz CT molecular complexity index is 943. The van der Waals surface area contributed by atoms with Crippen molar-refractivity contribution < 1.29 is 19.8 Å². The maximum atomic E-state index is 12.3. The Morgan fingerprint density at radius 3 is 2.59 bits per heavy atom. The number of benzene rings is 2. The quantitative estimate of drug-likeness (QED) is 0.646. The number of nitrogens with zero attached hydrogens (tertiary/aromatic N) is 1. The third-order valence-electron chi connectivity index (χ3n) is 4.85. The van der Waals surface area contributed by atoms with Gasteiger partial charge in [0.15, 0.2) is 5.60 Å². The number of hydrogen-bond donors (Lipinski definition) is 3. The van der Waals surface area contributed by atoms with Crippen LogP contribution in [-0.2, 0) is 10.4 Å². The Balaban J connectivity index is 1.75. The highest BCUT2D eigenvalue weighted by atomic mass is 35.5. The number of nitrogens with one attached hydrogen (secondary N) is 1. The summed E-state index contributed by atoms with van der Waals surface area (Å²) in [7, 11) is 0. The van der Waals surface area contributed by atoms with Crippen LogP contribution in [0.15, 0.2) is 41.6 Å². The number of carbonyl (C=O) groups is 1. The van der Waals surface area contributed by atoms with Crippen molar-refractivity contribution in [3.8, 4) is 0 Å². The minimum absolute atomic E-state index is 0.0162. The zero-order valence-corrected chi connectivity index (χ0v) is 17.6. The molecule has 1 amide bonds. The van der Waals surface area contributed by atoms with Crippen LogP contribution in [0.25, 0.3) is 0 Å². The number of aliphatic hydroxyl groups excluding tert-OH is 2. The fourth-order valence-corrected chi connectivity index (χ4v) is 3.70. The van der Waals surface area contributed by atoms with Crippen molar-refractivity contribution in [3.05, 3.63) is 68.7 Å². The maximum Gasteiger partial charge on any atom is 0.251 e. The van der Waals surface area contributed by atoms with Crippen LogP contribution < -0.4 is 5.32 Å². The van der Waals surface area contributed by atoms with E-state index < -0.39 is 18.3 Å². The predicted octanol–water partition coefficient (Wildman–Crippen LogP) is 3.42. The van der Waals surface area contributed by atoms with Crippen LogP contribution in [0.2, 0.25) is 10.0 Å². The van der Waals surface area contributed by atoms with Gasteiger partial charge in [-0.3, -0.25) is 4.79 Å². The normalized spacial score (nSPS) is 19.4. The van der Waals surface area contributed by atoms with Gasteiger partial charge in [-0.1, -0.05) is 34.4 Å². The van der Waals surface area contributed by atoms with Gasteiger partial charge in [-0.05, 0) is 55.3 Å². The fraction of sp³-hybridized carbons (Fsp3) is 0.333. The number of halogens is 2. The molecule has 0 aliphatic carbocycles. The molecule has 3 rings (SSSR count). The van der Waals surface area contributed by atoms with Crippen molar-refractivity contribution in [1.29, 1.82) is 0 Å². The lowest BCUT2D eigenvalue weighted by Gasteiger charge is -2.22. The molecule has 29 heavy (non-hydrogen) atoms. The first-order valence-corrected chi connectivity index (χ1v) is 9.87. The van der Waals surface area contributed by atoms with Gasteiger partial charge in [0, 0.05) is 34.1 Å². The molecule has 2 aromatic rings. The first-order chi connectivity index (χ1) is 13.7. The van der Waals surface area contributed by atoms with Crippen molar-refractivity contribution in [2.24, 2.45) is 5.16 Å². The van der Waals surface area contributed by atoms with E-state index >= 15 is 0 Å². The van der Waals surface area contributed by atoms with E-state index in [0.29, 0.717) is 22.0 Å². The molecule has 0 bridgehead atoms. The molecule has 0 radical (unpaired) electrons. The molecule has 0 aromatic heterocycles. The van der Waals surface area contributed by atoms with Gasteiger partial charge in [-0.15, -0.1) is 0 Å². The summed E-state index contributed by atoms with van der Waals surface area (Å²) >= 11 is 12.2. The molecule has 1 aliphatic heterocycles. The smallest absolute Gasteiger partial charge is 0.251 e. The number of aryl methyl sites for hydroxylation is 1. The molecule has 154 valence electrons. The van der Waals surface area contributed by atoms with Crippen LogP contribution in [0.1, 0.15) is 40.4 Å². The second-order valence-electron chi connectivity index (χ2n) is 7.27. The van der Waals surface area contributed by atoms with Crippen molar-refractivity contribution in [2.45, 2.75) is 32.0 Å². The zero-order valence-electron chi connectivity index (χ0n) is 16.1. The van der Waals surface area contributed by atoms with Gasteiger partial charge in [0.05, 0.1) is 18.4 Å².